The van der Waals surface area contributed by atoms with Crippen molar-refractivity contribution in [3.05, 3.63) is 5.38 Å². The quantitative estimate of drug-likeness (QED) is 0.550. The molecule has 0 radical (unpaired) electrons. The molecule has 0 fully saturated rings. The first-order valence-electron chi connectivity index (χ1n) is 2.29. The number of aromatic nitrogens is 4. The summed E-state index contributed by atoms with van der Waals surface area (Å²) in [5, 5.41) is 12.5. The average molecular weight is 141 g/mol. The van der Waals surface area contributed by atoms with E-state index in [4.69, 9.17) is 5.73 Å². The molecule has 9 heavy (non-hydrogen) atoms. The van der Waals surface area contributed by atoms with Crippen molar-refractivity contribution < 1.29 is 0 Å². The Bertz CT molecular complexity index is 321. The molecular formula is C3H3N5S. The third kappa shape index (κ3) is 0.501. The summed E-state index contributed by atoms with van der Waals surface area (Å²) < 4.78 is 1.49. The van der Waals surface area contributed by atoms with Crippen molar-refractivity contribution in [3.8, 4) is 0 Å². The van der Waals surface area contributed by atoms with Crippen molar-refractivity contribution in [2.75, 3.05) is 5.73 Å². The Balaban J connectivity index is 2.99. The van der Waals surface area contributed by atoms with Gasteiger partial charge in [0.05, 0.1) is 0 Å². The molecule has 6 heteroatoms. The summed E-state index contributed by atoms with van der Waals surface area (Å²) >= 11 is 1.42. The zero-order chi connectivity index (χ0) is 6.27. The highest BCUT2D eigenvalue weighted by molar-refractivity contribution is 7.15. The first kappa shape index (κ1) is 4.68. The highest BCUT2D eigenvalue weighted by Crippen LogP contribution is 2.11. The molecule has 0 aliphatic rings. The highest BCUT2D eigenvalue weighted by atomic mass is 32.1. The summed E-state index contributed by atoms with van der Waals surface area (Å²) in [6.07, 6.45) is 0. The van der Waals surface area contributed by atoms with Gasteiger partial charge >= 0.3 is 0 Å². The van der Waals surface area contributed by atoms with Crippen molar-refractivity contribution >= 4 is 22.1 Å². The van der Waals surface area contributed by atoms with E-state index in [2.05, 4.69) is 15.5 Å². The Kier molecular flexibility index (Phi) is 0.734. The SMILES string of the molecule is Nc1csc2nnnn12. The summed E-state index contributed by atoms with van der Waals surface area (Å²) in [6, 6.07) is 0. The summed E-state index contributed by atoms with van der Waals surface area (Å²) in [7, 11) is 0. The number of anilines is 1. The van der Waals surface area contributed by atoms with E-state index in [1.54, 1.807) is 5.38 Å². The molecule has 0 aliphatic carbocycles. The zero-order valence-electron chi connectivity index (χ0n) is 4.35. The number of nitrogen functional groups attached to an aromatic ring is 1. The van der Waals surface area contributed by atoms with Gasteiger partial charge in [0, 0.05) is 5.38 Å². The number of fused-ring (bicyclic) bond motifs is 1. The fraction of sp³-hybridized carbons (Fsp3) is 0. The lowest BCUT2D eigenvalue weighted by atomic mass is 10.8. The molecule has 2 aromatic heterocycles. The minimum Gasteiger partial charge on any atom is -0.383 e. The molecular weight excluding hydrogens is 138 g/mol. The molecule has 2 rings (SSSR count). The molecule has 0 unspecified atom stereocenters. The third-order valence-corrected chi connectivity index (χ3v) is 1.80. The fourth-order valence-corrected chi connectivity index (χ4v) is 1.23. The van der Waals surface area contributed by atoms with Crippen LogP contribution in [0.4, 0.5) is 5.82 Å². The molecule has 46 valence electrons. The smallest absolute Gasteiger partial charge is 0.236 e. The van der Waals surface area contributed by atoms with E-state index in [1.165, 1.54) is 15.9 Å². The van der Waals surface area contributed by atoms with Crippen LogP contribution in [0.3, 0.4) is 0 Å². The summed E-state index contributed by atoms with van der Waals surface area (Å²) in [4.78, 5) is 0.729. The molecule has 0 aromatic carbocycles. The van der Waals surface area contributed by atoms with E-state index in [0.717, 1.165) is 4.96 Å². The van der Waals surface area contributed by atoms with Crippen LogP contribution in [0.5, 0.6) is 0 Å². The summed E-state index contributed by atoms with van der Waals surface area (Å²) in [5.41, 5.74) is 5.45. The highest BCUT2D eigenvalue weighted by Gasteiger charge is 1.99. The normalized spacial score (nSPS) is 10.7. The first-order chi connectivity index (χ1) is 4.38. The maximum atomic E-state index is 5.45. The van der Waals surface area contributed by atoms with Crippen LogP contribution in [-0.2, 0) is 0 Å². The fourth-order valence-electron chi connectivity index (χ4n) is 0.577. The second-order valence-corrected chi connectivity index (χ2v) is 2.37. The lowest BCUT2D eigenvalue weighted by Gasteiger charge is -1.78. The minimum atomic E-state index is 0.583. The number of rotatable bonds is 0. The van der Waals surface area contributed by atoms with E-state index < -0.39 is 0 Å². The van der Waals surface area contributed by atoms with Crippen molar-refractivity contribution in [1.29, 1.82) is 0 Å². The van der Waals surface area contributed by atoms with Crippen LogP contribution in [0.25, 0.3) is 4.96 Å². The Labute approximate surface area is 54.1 Å². The molecule has 2 heterocycles. The number of nitrogens with zero attached hydrogens (tertiary/aromatic N) is 4. The maximum absolute atomic E-state index is 5.45. The molecule has 0 saturated heterocycles. The standard InChI is InChI=1S/C3H3N5S/c4-2-1-9-3-5-6-7-8(2)3/h1H,4H2. The van der Waals surface area contributed by atoms with E-state index in [0.29, 0.717) is 5.82 Å². The summed E-state index contributed by atoms with van der Waals surface area (Å²) in [6.45, 7) is 0. The number of hydrogen-bond donors (Lipinski definition) is 1. The van der Waals surface area contributed by atoms with E-state index >= 15 is 0 Å². The van der Waals surface area contributed by atoms with E-state index in [1.807, 2.05) is 0 Å². The number of tetrazole rings is 1. The summed E-state index contributed by atoms with van der Waals surface area (Å²) in [5.74, 6) is 0.583. The number of thiazole rings is 1. The Morgan fingerprint density at radius 3 is 3.33 bits per heavy atom. The average Bonchev–Trinajstić information content (AvgIpc) is 2.35. The van der Waals surface area contributed by atoms with Gasteiger partial charge in [0.15, 0.2) is 0 Å². The van der Waals surface area contributed by atoms with Crippen LogP contribution < -0.4 is 5.73 Å². The second-order valence-electron chi connectivity index (χ2n) is 1.53. The molecule has 0 saturated carbocycles. The third-order valence-electron chi connectivity index (χ3n) is 0.971. The molecule has 0 atom stereocenters. The van der Waals surface area contributed by atoms with Crippen LogP contribution in [0, 0.1) is 0 Å². The molecule has 0 amide bonds. The van der Waals surface area contributed by atoms with Gasteiger partial charge in [0.25, 0.3) is 0 Å². The van der Waals surface area contributed by atoms with Crippen molar-refractivity contribution in [1.82, 2.24) is 20.0 Å². The largest absolute Gasteiger partial charge is 0.383 e. The topological polar surface area (TPSA) is 69.1 Å². The van der Waals surface area contributed by atoms with Gasteiger partial charge in [0.2, 0.25) is 4.96 Å². The predicted molar refractivity (Wildman–Crippen MR) is 33.1 cm³/mol. The monoisotopic (exact) mass is 141 g/mol. The van der Waals surface area contributed by atoms with Gasteiger partial charge in [-0.3, -0.25) is 0 Å². The number of hydrogen-bond acceptors (Lipinski definition) is 5. The zero-order valence-corrected chi connectivity index (χ0v) is 5.17. The number of nitrogens with two attached hydrogens (primary N) is 1. The van der Waals surface area contributed by atoms with Crippen molar-refractivity contribution in [2.45, 2.75) is 0 Å². The molecule has 2 N–H and O–H groups in total. The second kappa shape index (κ2) is 1.41. The van der Waals surface area contributed by atoms with Gasteiger partial charge in [-0.25, -0.2) is 0 Å². The predicted octanol–water partition coefficient (Wildman–Crippen LogP) is -0.232. The van der Waals surface area contributed by atoms with Gasteiger partial charge in [0.1, 0.15) is 5.82 Å². The lowest BCUT2D eigenvalue weighted by Crippen LogP contribution is -1.91. The molecule has 0 bridgehead atoms. The lowest BCUT2D eigenvalue weighted by molar-refractivity contribution is 0.832. The Morgan fingerprint density at radius 1 is 1.67 bits per heavy atom. The molecule has 5 nitrogen and oxygen atoms in total. The van der Waals surface area contributed by atoms with Crippen molar-refractivity contribution in [2.24, 2.45) is 0 Å². The molecule has 2 aromatic rings. The van der Waals surface area contributed by atoms with Crippen LogP contribution in [0.15, 0.2) is 5.38 Å². The van der Waals surface area contributed by atoms with Gasteiger partial charge in [-0.1, -0.05) is 16.4 Å². The van der Waals surface area contributed by atoms with Crippen LogP contribution >= 0.6 is 11.3 Å². The van der Waals surface area contributed by atoms with Gasteiger partial charge < -0.3 is 5.73 Å². The molecule has 0 aliphatic heterocycles. The van der Waals surface area contributed by atoms with Gasteiger partial charge in [-0.05, 0) is 10.4 Å². The molecule has 0 spiro atoms. The van der Waals surface area contributed by atoms with Crippen molar-refractivity contribution in [3.63, 3.8) is 0 Å². The van der Waals surface area contributed by atoms with Gasteiger partial charge in [-0.2, -0.15) is 4.52 Å². The minimum absolute atomic E-state index is 0.583. The van der Waals surface area contributed by atoms with Gasteiger partial charge in [-0.15, -0.1) is 0 Å². The first-order valence-corrected chi connectivity index (χ1v) is 3.17. The van der Waals surface area contributed by atoms with E-state index in [9.17, 15) is 0 Å². The van der Waals surface area contributed by atoms with E-state index in [-0.39, 0.29) is 0 Å². The maximum Gasteiger partial charge on any atom is 0.236 e. The Morgan fingerprint density at radius 2 is 2.56 bits per heavy atom. The van der Waals surface area contributed by atoms with Crippen LogP contribution in [-0.4, -0.2) is 20.0 Å². The van der Waals surface area contributed by atoms with Crippen LogP contribution in [0.1, 0.15) is 0 Å². The Hall–Kier alpha value is -1.17. The van der Waals surface area contributed by atoms with Crippen LogP contribution in [0.2, 0.25) is 0 Å².